The van der Waals surface area contributed by atoms with Crippen LogP contribution in [0.1, 0.15) is 50.4 Å². The van der Waals surface area contributed by atoms with E-state index in [4.69, 9.17) is 0 Å². The topological polar surface area (TPSA) is 49.4 Å². The van der Waals surface area contributed by atoms with Crippen molar-refractivity contribution in [1.82, 2.24) is 4.90 Å². The fourth-order valence-electron chi connectivity index (χ4n) is 2.14. The van der Waals surface area contributed by atoms with Crippen LogP contribution in [0.4, 0.5) is 5.69 Å². The van der Waals surface area contributed by atoms with Crippen molar-refractivity contribution < 1.29 is 9.59 Å². The zero-order chi connectivity index (χ0) is 15.7. The molecular weight excluding hydrogens is 264 g/mol. The maximum Gasteiger partial charge on any atom is 0.224 e. The normalized spacial score (nSPS) is 10.7. The van der Waals surface area contributed by atoms with Crippen LogP contribution in [0.3, 0.4) is 0 Å². The van der Waals surface area contributed by atoms with Crippen molar-refractivity contribution in [1.29, 1.82) is 0 Å². The number of ketones is 1. The zero-order valence-electron chi connectivity index (χ0n) is 13.3. The standard InChI is InChI=1S/C17H26N2O2/c1-4-17(21)18-15-11-9-14(10-12-15)16(20)8-7-13-19(5-2)6-3/h9-12H,4-8,13H2,1-3H3,(H,18,21). The summed E-state index contributed by atoms with van der Waals surface area (Å²) in [5.41, 5.74) is 1.45. The molecule has 1 rings (SSSR count). The molecule has 1 aromatic rings. The predicted octanol–water partition coefficient (Wildman–Crippen LogP) is 3.34. The second kappa shape index (κ2) is 9.29. The number of hydrogen-bond acceptors (Lipinski definition) is 3. The quantitative estimate of drug-likeness (QED) is 0.710. The molecule has 0 saturated carbocycles. The first-order valence-electron chi connectivity index (χ1n) is 7.76. The van der Waals surface area contributed by atoms with Crippen LogP contribution in [0.15, 0.2) is 24.3 Å². The van der Waals surface area contributed by atoms with E-state index in [9.17, 15) is 9.59 Å². The maximum atomic E-state index is 12.1. The number of carbonyl (C=O) groups excluding carboxylic acids is 2. The van der Waals surface area contributed by atoms with Crippen molar-refractivity contribution in [2.75, 3.05) is 25.0 Å². The highest BCUT2D eigenvalue weighted by atomic mass is 16.1. The number of Topliss-reactive ketones (excluding diaryl/α,β-unsaturated/α-hetero) is 1. The van der Waals surface area contributed by atoms with Gasteiger partial charge in [0.1, 0.15) is 0 Å². The van der Waals surface area contributed by atoms with Crippen molar-refractivity contribution in [3.63, 3.8) is 0 Å². The zero-order valence-corrected chi connectivity index (χ0v) is 13.3. The molecule has 0 atom stereocenters. The third kappa shape index (κ3) is 6.08. The summed E-state index contributed by atoms with van der Waals surface area (Å²) in [6, 6.07) is 7.13. The monoisotopic (exact) mass is 290 g/mol. The Morgan fingerprint density at radius 2 is 1.67 bits per heavy atom. The van der Waals surface area contributed by atoms with Gasteiger partial charge in [-0.25, -0.2) is 0 Å². The predicted molar refractivity (Wildman–Crippen MR) is 86.7 cm³/mol. The van der Waals surface area contributed by atoms with Gasteiger partial charge in [0.2, 0.25) is 5.91 Å². The summed E-state index contributed by atoms with van der Waals surface area (Å²) in [6.45, 7) is 9.09. The number of carbonyl (C=O) groups is 2. The smallest absolute Gasteiger partial charge is 0.224 e. The van der Waals surface area contributed by atoms with Gasteiger partial charge >= 0.3 is 0 Å². The Labute approximate surface area is 127 Å². The SMILES string of the molecule is CCC(=O)Nc1ccc(C(=O)CCCN(CC)CC)cc1. The van der Waals surface area contributed by atoms with Crippen molar-refractivity contribution in [3.8, 4) is 0 Å². The molecule has 0 heterocycles. The Kier molecular flexibility index (Phi) is 7.69. The average Bonchev–Trinajstić information content (AvgIpc) is 2.52. The summed E-state index contributed by atoms with van der Waals surface area (Å²) < 4.78 is 0. The summed E-state index contributed by atoms with van der Waals surface area (Å²) in [6.07, 6.45) is 1.90. The summed E-state index contributed by atoms with van der Waals surface area (Å²) in [7, 11) is 0. The number of benzene rings is 1. The Morgan fingerprint density at radius 3 is 2.19 bits per heavy atom. The van der Waals surface area contributed by atoms with E-state index >= 15 is 0 Å². The third-order valence-electron chi connectivity index (χ3n) is 3.58. The van der Waals surface area contributed by atoms with Gasteiger partial charge in [0.25, 0.3) is 0 Å². The second-order valence-corrected chi connectivity index (χ2v) is 5.03. The summed E-state index contributed by atoms with van der Waals surface area (Å²) in [4.78, 5) is 25.7. The summed E-state index contributed by atoms with van der Waals surface area (Å²) >= 11 is 0. The van der Waals surface area contributed by atoms with E-state index in [0.717, 1.165) is 31.7 Å². The molecule has 0 fully saturated rings. The first kappa shape index (κ1) is 17.4. The van der Waals surface area contributed by atoms with Gasteiger partial charge in [-0.05, 0) is 50.3 Å². The van der Waals surface area contributed by atoms with E-state index in [1.54, 1.807) is 24.3 Å². The van der Waals surface area contributed by atoms with E-state index < -0.39 is 0 Å². The van der Waals surface area contributed by atoms with E-state index in [0.29, 0.717) is 18.4 Å². The third-order valence-corrected chi connectivity index (χ3v) is 3.58. The number of rotatable bonds is 9. The molecule has 0 unspecified atom stereocenters. The highest BCUT2D eigenvalue weighted by Gasteiger charge is 2.07. The molecule has 4 nitrogen and oxygen atoms in total. The fourth-order valence-corrected chi connectivity index (χ4v) is 2.14. The van der Waals surface area contributed by atoms with Crippen LogP contribution < -0.4 is 5.32 Å². The summed E-state index contributed by atoms with van der Waals surface area (Å²) in [5, 5.41) is 2.77. The lowest BCUT2D eigenvalue weighted by atomic mass is 10.1. The molecule has 4 heteroatoms. The van der Waals surface area contributed by atoms with Crippen LogP contribution in [-0.2, 0) is 4.79 Å². The number of nitrogens with zero attached hydrogens (tertiary/aromatic N) is 1. The minimum atomic E-state index is -0.0201. The molecule has 0 bridgehead atoms. The molecule has 0 radical (unpaired) electrons. The second-order valence-electron chi connectivity index (χ2n) is 5.03. The molecule has 1 N–H and O–H groups in total. The first-order valence-corrected chi connectivity index (χ1v) is 7.76. The van der Waals surface area contributed by atoms with Gasteiger partial charge in [-0.15, -0.1) is 0 Å². The lowest BCUT2D eigenvalue weighted by Gasteiger charge is -2.17. The Morgan fingerprint density at radius 1 is 1.05 bits per heavy atom. The van der Waals surface area contributed by atoms with Crippen LogP contribution in [0.5, 0.6) is 0 Å². The lowest BCUT2D eigenvalue weighted by molar-refractivity contribution is -0.115. The van der Waals surface area contributed by atoms with E-state index in [2.05, 4.69) is 24.1 Å². The molecule has 0 spiro atoms. The van der Waals surface area contributed by atoms with Crippen LogP contribution in [0.25, 0.3) is 0 Å². The maximum absolute atomic E-state index is 12.1. The summed E-state index contributed by atoms with van der Waals surface area (Å²) in [5.74, 6) is 0.142. The number of hydrogen-bond donors (Lipinski definition) is 1. The highest BCUT2D eigenvalue weighted by molar-refractivity contribution is 5.97. The van der Waals surface area contributed by atoms with Gasteiger partial charge in [0, 0.05) is 24.1 Å². The highest BCUT2D eigenvalue weighted by Crippen LogP contribution is 2.12. The molecule has 0 aromatic heterocycles. The van der Waals surface area contributed by atoms with Crippen LogP contribution in [-0.4, -0.2) is 36.2 Å². The van der Waals surface area contributed by atoms with Gasteiger partial charge in [-0.2, -0.15) is 0 Å². The average molecular weight is 290 g/mol. The molecule has 21 heavy (non-hydrogen) atoms. The van der Waals surface area contributed by atoms with Crippen molar-refractivity contribution in [3.05, 3.63) is 29.8 Å². The van der Waals surface area contributed by atoms with Gasteiger partial charge in [-0.1, -0.05) is 20.8 Å². The van der Waals surface area contributed by atoms with Crippen molar-refractivity contribution in [2.24, 2.45) is 0 Å². The van der Waals surface area contributed by atoms with Crippen LogP contribution in [0, 0.1) is 0 Å². The molecule has 1 aromatic carbocycles. The van der Waals surface area contributed by atoms with E-state index in [1.165, 1.54) is 0 Å². The minimum Gasteiger partial charge on any atom is -0.326 e. The van der Waals surface area contributed by atoms with Crippen molar-refractivity contribution >= 4 is 17.4 Å². The number of amides is 1. The number of nitrogens with one attached hydrogen (secondary N) is 1. The lowest BCUT2D eigenvalue weighted by Crippen LogP contribution is -2.24. The van der Waals surface area contributed by atoms with Gasteiger partial charge in [-0.3, -0.25) is 9.59 Å². The molecule has 0 aliphatic rings. The van der Waals surface area contributed by atoms with Gasteiger partial charge < -0.3 is 10.2 Å². The molecular formula is C17H26N2O2. The fraction of sp³-hybridized carbons (Fsp3) is 0.529. The Bertz CT molecular complexity index is 450. The molecule has 0 aliphatic heterocycles. The minimum absolute atomic E-state index is 0.0201. The van der Waals surface area contributed by atoms with E-state index in [1.807, 2.05) is 6.92 Å². The molecule has 0 saturated heterocycles. The molecule has 0 aliphatic carbocycles. The van der Waals surface area contributed by atoms with Gasteiger partial charge in [0.15, 0.2) is 5.78 Å². The largest absolute Gasteiger partial charge is 0.326 e. The van der Waals surface area contributed by atoms with Gasteiger partial charge in [0.05, 0.1) is 0 Å². The van der Waals surface area contributed by atoms with E-state index in [-0.39, 0.29) is 11.7 Å². The first-order chi connectivity index (χ1) is 10.1. The van der Waals surface area contributed by atoms with Crippen LogP contribution >= 0.6 is 0 Å². The van der Waals surface area contributed by atoms with Crippen molar-refractivity contribution in [2.45, 2.75) is 40.0 Å². The Balaban J connectivity index is 2.46. The molecule has 116 valence electrons. The number of anilines is 1. The Hall–Kier alpha value is -1.68. The molecule has 1 amide bonds. The van der Waals surface area contributed by atoms with Crippen LogP contribution in [0.2, 0.25) is 0 Å².